The second kappa shape index (κ2) is 13.9. The van der Waals surface area contributed by atoms with Crippen molar-refractivity contribution in [3.05, 3.63) is 47.6 Å². The Balaban J connectivity index is 1.33. The third kappa shape index (κ3) is 7.95. The molecule has 0 spiro atoms. The molecule has 0 amide bonds. The van der Waals surface area contributed by atoms with Gasteiger partial charge in [-0.1, -0.05) is 91.8 Å². The van der Waals surface area contributed by atoms with Crippen LogP contribution in [0.5, 0.6) is 0 Å². The topological polar surface area (TPSA) is 36.9 Å². The summed E-state index contributed by atoms with van der Waals surface area (Å²) in [6.45, 7) is 37.1. The molecule has 5 rings (SSSR count). The average molecular weight is 711 g/mol. The molecule has 0 radical (unpaired) electrons. The maximum absolute atomic E-state index is 7.12. The number of hydrogen-bond acceptors (Lipinski definition) is 4. The van der Waals surface area contributed by atoms with Gasteiger partial charge < -0.3 is 18.3 Å². The van der Waals surface area contributed by atoms with Crippen molar-refractivity contribution in [3.63, 3.8) is 0 Å². The van der Waals surface area contributed by atoms with Crippen LogP contribution in [0.15, 0.2) is 47.6 Å². The number of hydrogen-bond donors (Lipinski definition) is 0. The van der Waals surface area contributed by atoms with Crippen molar-refractivity contribution in [3.8, 4) is 0 Å². The molecule has 0 aromatic rings. The summed E-state index contributed by atoms with van der Waals surface area (Å²) in [6, 6.07) is 0. The van der Waals surface area contributed by atoms with Crippen molar-refractivity contribution in [2.75, 3.05) is 13.2 Å². The zero-order chi connectivity index (χ0) is 36.3. The third-order valence-corrected chi connectivity index (χ3v) is 24.0. The number of fused-ring (bicyclic) bond motifs is 1. The zero-order valence-corrected chi connectivity index (χ0v) is 36.0. The molecule has 278 valence electrons. The van der Waals surface area contributed by atoms with Gasteiger partial charge in [0.15, 0.2) is 22.4 Å². The number of allylic oxidation sites excluding steroid dienone is 5. The van der Waals surface area contributed by atoms with Crippen LogP contribution in [0.4, 0.5) is 0 Å². The van der Waals surface area contributed by atoms with Crippen LogP contribution in [0, 0.1) is 28.6 Å². The summed E-state index contributed by atoms with van der Waals surface area (Å²) >= 11 is 0. The first kappa shape index (κ1) is 39.4. The quantitative estimate of drug-likeness (QED) is 0.167. The van der Waals surface area contributed by atoms with Crippen LogP contribution < -0.4 is 0 Å². The molecular formula is C43H74O4Si2. The lowest BCUT2D eigenvalue weighted by atomic mass is 9.61. The molecule has 1 heterocycles. The third-order valence-electron chi connectivity index (χ3n) is 15.0. The smallest absolute Gasteiger partial charge is 0.192 e. The van der Waals surface area contributed by atoms with E-state index in [-0.39, 0.29) is 33.5 Å². The lowest BCUT2D eigenvalue weighted by molar-refractivity contribution is -0.191. The van der Waals surface area contributed by atoms with Crippen molar-refractivity contribution < 1.29 is 18.3 Å². The molecule has 0 N–H and O–H groups in total. The summed E-state index contributed by atoms with van der Waals surface area (Å²) in [4.78, 5) is 0. The standard InChI is InChI=1S/C43H74O4Si2/c1-31(17-15-24-43(25-26-43)42(10)44-27-28-45-42)36-21-22-37-33(18-16-23-41(36,37)9)19-20-34-29-35(46-48(11,12)39(3,4)5)30-38(32(34)2)47-49(13,14)40(6,7)8/h15,17,19-20,31,35-38H,2,16,18,21-30H2,1,3-14H3/t31-,35-,36-,37+,38+,41-/m1/s1. The molecule has 1 saturated heterocycles. The zero-order valence-electron chi connectivity index (χ0n) is 34.0. The molecule has 1 aliphatic heterocycles. The molecule has 5 fully saturated rings. The fourth-order valence-corrected chi connectivity index (χ4v) is 12.0. The van der Waals surface area contributed by atoms with E-state index in [4.69, 9.17) is 24.9 Å². The first-order valence-corrected chi connectivity index (χ1v) is 25.7. The summed E-state index contributed by atoms with van der Waals surface area (Å²) in [5, 5.41) is 0.331. The van der Waals surface area contributed by atoms with Crippen LogP contribution >= 0.6 is 0 Å². The lowest BCUT2D eigenvalue weighted by Crippen LogP contribution is -2.49. The van der Waals surface area contributed by atoms with Gasteiger partial charge in [-0.05, 0) is 135 Å². The molecule has 0 aromatic carbocycles. The Morgan fingerprint density at radius 2 is 1.51 bits per heavy atom. The van der Waals surface area contributed by atoms with Gasteiger partial charge in [0.1, 0.15) is 0 Å². The molecule has 5 aliphatic rings. The first-order valence-electron chi connectivity index (χ1n) is 19.9. The Labute approximate surface area is 304 Å². The van der Waals surface area contributed by atoms with Crippen LogP contribution in [0.2, 0.25) is 36.3 Å². The molecule has 4 saturated carbocycles. The molecule has 49 heavy (non-hydrogen) atoms. The highest BCUT2D eigenvalue weighted by molar-refractivity contribution is 6.74. The number of ether oxygens (including phenoxy) is 2. The van der Waals surface area contributed by atoms with Crippen molar-refractivity contribution in [1.29, 1.82) is 0 Å². The van der Waals surface area contributed by atoms with Gasteiger partial charge in [-0.3, -0.25) is 0 Å². The predicted octanol–water partition coefficient (Wildman–Crippen LogP) is 12.3. The van der Waals surface area contributed by atoms with Crippen molar-refractivity contribution >= 4 is 16.6 Å². The van der Waals surface area contributed by atoms with Crippen LogP contribution in [0.25, 0.3) is 0 Å². The monoisotopic (exact) mass is 711 g/mol. The van der Waals surface area contributed by atoms with Gasteiger partial charge >= 0.3 is 0 Å². The summed E-state index contributed by atoms with van der Waals surface area (Å²) in [7, 11) is -3.92. The lowest BCUT2D eigenvalue weighted by Gasteiger charge is -2.45. The fourth-order valence-electron chi connectivity index (χ4n) is 9.37. The average Bonchev–Trinajstić information content (AvgIpc) is 3.50. The first-order chi connectivity index (χ1) is 22.5. The van der Waals surface area contributed by atoms with Gasteiger partial charge in [0, 0.05) is 11.8 Å². The van der Waals surface area contributed by atoms with Crippen LogP contribution in [-0.4, -0.2) is 47.8 Å². The van der Waals surface area contributed by atoms with Gasteiger partial charge in [0.05, 0.1) is 25.4 Å². The maximum Gasteiger partial charge on any atom is 0.192 e. The van der Waals surface area contributed by atoms with E-state index in [9.17, 15) is 0 Å². The Morgan fingerprint density at radius 3 is 2.10 bits per heavy atom. The Kier molecular flexibility index (Phi) is 11.2. The van der Waals surface area contributed by atoms with Gasteiger partial charge in [-0.15, -0.1) is 0 Å². The minimum absolute atomic E-state index is 0.0262. The highest BCUT2D eigenvalue weighted by atomic mass is 28.4. The summed E-state index contributed by atoms with van der Waals surface area (Å²) in [5.74, 6) is 1.59. The van der Waals surface area contributed by atoms with Crippen molar-refractivity contribution in [2.45, 2.75) is 181 Å². The van der Waals surface area contributed by atoms with Crippen LogP contribution in [0.3, 0.4) is 0 Å². The normalized spacial score (nSPS) is 34.6. The molecule has 0 bridgehead atoms. The highest BCUT2D eigenvalue weighted by Crippen LogP contribution is 2.61. The van der Waals surface area contributed by atoms with Crippen molar-refractivity contribution in [2.24, 2.45) is 28.6 Å². The molecule has 4 aliphatic carbocycles. The minimum Gasteiger partial charge on any atom is -0.413 e. The largest absolute Gasteiger partial charge is 0.413 e. The molecule has 6 atom stereocenters. The van der Waals surface area contributed by atoms with Crippen LogP contribution in [-0.2, 0) is 18.3 Å². The van der Waals surface area contributed by atoms with E-state index in [0.29, 0.717) is 17.3 Å². The Hall–Kier alpha value is -0.766. The molecule has 6 heteroatoms. The highest BCUT2D eigenvalue weighted by Gasteiger charge is 2.59. The summed E-state index contributed by atoms with van der Waals surface area (Å²) < 4.78 is 26.4. The Bertz CT molecular complexity index is 1300. The maximum atomic E-state index is 7.12. The van der Waals surface area contributed by atoms with E-state index in [2.05, 4.69) is 113 Å². The molecule has 0 unspecified atom stereocenters. The van der Waals surface area contributed by atoms with E-state index < -0.39 is 16.6 Å². The SMILES string of the molecule is C=C1C(=CC=C2CCC[C@]3(C)[C@@H]([C@H](C)C=CCC4(C5(C)OCCO5)CC4)CC[C@@H]23)C[C@@H](O[Si](C)(C)C(C)(C)C)C[C@@H]1O[Si](C)(C)C(C)(C)C. The predicted molar refractivity (Wildman–Crippen MR) is 212 cm³/mol. The van der Waals surface area contributed by atoms with Gasteiger partial charge in [-0.2, -0.15) is 0 Å². The summed E-state index contributed by atoms with van der Waals surface area (Å²) in [5.41, 5.74) is 4.75. The van der Waals surface area contributed by atoms with E-state index in [1.165, 1.54) is 56.1 Å². The molecule has 0 aromatic heterocycles. The van der Waals surface area contributed by atoms with E-state index in [0.717, 1.165) is 38.4 Å². The second-order valence-electron chi connectivity index (χ2n) is 20.3. The fraction of sp³-hybridized carbons (Fsp3) is 0.814. The van der Waals surface area contributed by atoms with E-state index in [1.807, 2.05) is 0 Å². The van der Waals surface area contributed by atoms with E-state index in [1.54, 1.807) is 5.57 Å². The number of rotatable bonds is 10. The molecule has 4 nitrogen and oxygen atoms in total. The minimum atomic E-state index is -1.98. The summed E-state index contributed by atoms with van der Waals surface area (Å²) in [6.07, 6.45) is 22.1. The van der Waals surface area contributed by atoms with Crippen molar-refractivity contribution in [1.82, 2.24) is 0 Å². The van der Waals surface area contributed by atoms with Gasteiger partial charge in [-0.25, -0.2) is 0 Å². The van der Waals surface area contributed by atoms with E-state index >= 15 is 0 Å². The van der Waals surface area contributed by atoms with Gasteiger partial charge in [0.2, 0.25) is 0 Å². The second-order valence-corrected chi connectivity index (χ2v) is 29.8. The molecular weight excluding hydrogens is 637 g/mol. The van der Waals surface area contributed by atoms with Gasteiger partial charge in [0.25, 0.3) is 0 Å². The Morgan fingerprint density at radius 1 is 0.898 bits per heavy atom. The van der Waals surface area contributed by atoms with Crippen LogP contribution in [0.1, 0.15) is 127 Å².